The molecule has 3 N–H and O–H groups in total. The predicted octanol–water partition coefficient (Wildman–Crippen LogP) is 4.97. The first-order chi connectivity index (χ1) is 15.6. The van der Waals surface area contributed by atoms with E-state index in [-0.39, 0.29) is 0 Å². The second-order valence-corrected chi connectivity index (χ2v) is 9.31. The lowest BCUT2D eigenvalue weighted by atomic mass is 9.83. The minimum Gasteiger partial charge on any atom is -0.496 e. The van der Waals surface area contributed by atoms with Gasteiger partial charge in [-0.25, -0.2) is 5.48 Å². The van der Waals surface area contributed by atoms with Gasteiger partial charge in [-0.3, -0.25) is 14.9 Å². The molecule has 2 aliphatic rings. The molecule has 168 valence electrons. The van der Waals surface area contributed by atoms with Gasteiger partial charge < -0.3 is 9.72 Å². The first-order valence-electron chi connectivity index (χ1n) is 11.5. The van der Waals surface area contributed by atoms with Crippen LogP contribution in [0.1, 0.15) is 58.8 Å². The van der Waals surface area contributed by atoms with Crippen LogP contribution in [0.5, 0.6) is 5.75 Å². The Hall–Kier alpha value is -2.83. The fourth-order valence-corrected chi connectivity index (χ4v) is 5.48. The largest absolute Gasteiger partial charge is 0.496 e. The van der Waals surface area contributed by atoms with Gasteiger partial charge in [-0.1, -0.05) is 12.1 Å². The van der Waals surface area contributed by atoms with Gasteiger partial charge in [0.1, 0.15) is 5.75 Å². The number of ether oxygens (including phenoxy) is 1. The summed E-state index contributed by atoms with van der Waals surface area (Å²) in [6.45, 7) is 3.98. The summed E-state index contributed by atoms with van der Waals surface area (Å²) in [6, 6.07) is 12.2. The molecule has 1 aliphatic heterocycles. The molecule has 0 spiro atoms. The van der Waals surface area contributed by atoms with Crippen LogP contribution in [0.15, 0.2) is 42.6 Å². The van der Waals surface area contributed by atoms with Crippen LogP contribution in [-0.4, -0.2) is 34.7 Å². The second-order valence-electron chi connectivity index (χ2n) is 9.31. The molecule has 32 heavy (non-hydrogen) atoms. The van der Waals surface area contributed by atoms with E-state index in [0.717, 1.165) is 37.1 Å². The van der Waals surface area contributed by atoms with Crippen molar-refractivity contribution in [3.63, 3.8) is 0 Å². The molecule has 1 saturated heterocycles. The van der Waals surface area contributed by atoms with E-state index >= 15 is 0 Å². The molecular formula is C26H31N3O3. The fraction of sp³-hybridized carbons (Fsp3) is 0.423. The highest BCUT2D eigenvalue weighted by Crippen LogP contribution is 2.47. The molecule has 0 radical (unpaired) electrons. The van der Waals surface area contributed by atoms with Crippen molar-refractivity contribution in [3.05, 3.63) is 64.8 Å². The normalized spacial score (nSPS) is 21.6. The molecule has 1 aliphatic carbocycles. The second kappa shape index (κ2) is 8.60. The molecule has 2 heterocycles. The third kappa shape index (κ3) is 3.89. The number of likely N-dealkylation sites (tertiary alicyclic amines) is 1. The topological polar surface area (TPSA) is 77.6 Å². The third-order valence-electron chi connectivity index (χ3n) is 7.39. The maximum atomic E-state index is 11.8. The SMILES string of the molecule is COc1cc(C)c2[nH]ccc2c1CN1CCC(C2CC2)C[C@H]1c1ccc(C(=O)NO)cc1. The van der Waals surface area contributed by atoms with Crippen molar-refractivity contribution < 1.29 is 14.7 Å². The Labute approximate surface area is 188 Å². The van der Waals surface area contributed by atoms with Crippen molar-refractivity contribution in [2.45, 2.75) is 45.2 Å². The lowest BCUT2D eigenvalue weighted by Crippen LogP contribution is -2.37. The van der Waals surface area contributed by atoms with Crippen molar-refractivity contribution in [1.82, 2.24) is 15.4 Å². The van der Waals surface area contributed by atoms with Crippen LogP contribution in [-0.2, 0) is 6.54 Å². The molecule has 1 amide bonds. The standard InChI is InChI=1S/C26H31N3O3/c1-16-13-24(32-2)22(21-9-11-27-25(16)21)15-29-12-10-20(17-3-4-17)14-23(29)18-5-7-19(8-6-18)26(30)28-31/h5-9,11,13,17,20,23,27,31H,3-4,10,12,14-15H2,1-2H3,(H,28,30)/t20?,23-/m0/s1. The highest BCUT2D eigenvalue weighted by molar-refractivity contribution is 5.93. The van der Waals surface area contributed by atoms with Gasteiger partial charge >= 0.3 is 0 Å². The summed E-state index contributed by atoms with van der Waals surface area (Å²) in [5.41, 5.74) is 6.99. The first kappa shape index (κ1) is 21.0. The fourth-order valence-electron chi connectivity index (χ4n) is 5.48. The molecule has 1 aromatic heterocycles. The van der Waals surface area contributed by atoms with E-state index in [0.29, 0.717) is 11.6 Å². The highest BCUT2D eigenvalue weighted by Gasteiger charge is 2.38. The molecule has 1 unspecified atom stereocenters. The van der Waals surface area contributed by atoms with Gasteiger partial charge in [0.2, 0.25) is 0 Å². The summed E-state index contributed by atoms with van der Waals surface area (Å²) < 4.78 is 5.80. The number of nitrogens with zero attached hydrogens (tertiary/aromatic N) is 1. The van der Waals surface area contributed by atoms with E-state index in [9.17, 15) is 4.79 Å². The first-order valence-corrected chi connectivity index (χ1v) is 11.5. The molecule has 2 fully saturated rings. The van der Waals surface area contributed by atoms with Crippen LogP contribution < -0.4 is 10.2 Å². The number of nitrogens with one attached hydrogen (secondary N) is 2. The Bertz CT molecular complexity index is 1120. The number of aromatic amines is 1. The number of rotatable bonds is 6. The molecule has 0 bridgehead atoms. The summed E-state index contributed by atoms with van der Waals surface area (Å²) in [5, 5.41) is 10.2. The summed E-state index contributed by atoms with van der Waals surface area (Å²) in [5.74, 6) is 2.10. The van der Waals surface area contributed by atoms with E-state index in [4.69, 9.17) is 9.94 Å². The number of benzene rings is 2. The van der Waals surface area contributed by atoms with Gasteiger partial charge in [0.05, 0.1) is 7.11 Å². The molecule has 6 heteroatoms. The average Bonchev–Trinajstić information content (AvgIpc) is 3.56. The summed E-state index contributed by atoms with van der Waals surface area (Å²) >= 11 is 0. The highest BCUT2D eigenvalue weighted by atomic mass is 16.5. The van der Waals surface area contributed by atoms with Gasteiger partial charge in [0.15, 0.2) is 0 Å². The number of amides is 1. The molecule has 3 aromatic rings. The minimum absolute atomic E-state index is 0.292. The third-order valence-corrected chi connectivity index (χ3v) is 7.39. The molecule has 2 atom stereocenters. The summed E-state index contributed by atoms with van der Waals surface area (Å²) in [7, 11) is 1.75. The van der Waals surface area contributed by atoms with E-state index < -0.39 is 5.91 Å². The molecule has 5 rings (SSSR count). The zero-order valence-electron chi connectivity index (χ0n) is 18.7. The van der Waals surface area contributed by atoms with Crippen molar-refractivity contribution in [2.75, 3.05) is 13.7 Å². The van der Waals surface area contributed by atoms with Gasteiger partial charge in [0, 0.05) is 40.8 Å². The van der Waals surface area contributed by atoms with Crippen LogP contribution in [0.4, 0.5) is 0 Å². The maximum Gasteiger partial charge on any atom is 0.274 e. The lowest BCUT2D eigenvalue weighted by Gasteiger charge is -2.40. The Morgan fingerprint density at radius 3 is 2.66 bits per heavy atom. The molecular weight excluding hydrogens is 402 g/mol. The Kier molecular flexibility index (Phi) is 5.66. The number of aryl methyl sites for hydroxylation is 1. The van der Waals surface area contributed by atoms with Crippen LogP contribution >= 0.6 is 0 Å². The Morgan fingerprint density at radius 2 is 1.97 bits per heavy atom. The van der Waals surface area contributed by atoms with E-state index in [1.807, 2.05) is 18.3 Å². The van der Waals surface area contributed by atoms with Crippen molar-refractivity contribution >= 4 is 16.8 Å². The van der Waals surface area contributed by atoms with Crippen LogP contribution in [0.25, 0.3) is 10.9 Å². The van der Waals surface area contributed by atoms with Gasteiger partial charge in [-0.05, 0) is 86.4 Å². The minimum atomic E-state index is -0.479. The number of hydrogen-bond acceptors (Lipinski definition) is 4. The number of carbonyl (C=O) groups is 1. The van der Waals surface area contributed by atoms with E-state index in [1.165, 1.54) is 46.9 Å². The van der Waals surface area contributed by atoms with Crippen molar-refractivity contribution in [2.24, 2.45) is 11.8 Å². The van der Waals surface area contributed by atoms with Crippen molar-refractivity contribution in [3.8, 4) is 5.75 Å². The lowest BCUT2D eigenvalue weighted by molar-refractivity contribution is 0.0706. The number of hydroxylamine groups is 1. The maximum absolute atomic E-state index is 11.8. The van der Waals surface area contributed by atoms with Gasteiger partial charge in [-0.2, -0.15) is 0 Å². The molecule has 1 saturated carbocycles. The molecule has 2 aromatic carbocycles. The number of H-pyrrole nitrogens is 1. The zero-order chi connectivity index (χ0) is 22.2. The number of carbonyl (C=O) groups excluding carboxylic acids is 1. The van der Waals surface area contributed by atoms with Crippen LogP contribution in [0.3, 0.4) is 0 Å². The molecule has 6 nitrogen and oxygen atoms in total. The van der Waals surface area contributed by atoms with Gasteiger partial charge in [-0.15, -0.1) is 0 Å². The van der Waals surface area contributed by atoms with Crippen LogP contribution in [0.2, 0.25) is 0 Å². The van der Waals surface area contributed by atoms with E-state index in [1.54, 1.807) is 24.7 Å². The zero-order valence-corrected chi connectivity index (χ0v) is 18.7. The predicted molar refractivity (Wildman–Crippen MR) is 124 cm³/mol. The number of hydrogen-bond donors (Lipinski definition) is 3. The monoisotopic (exact) mass is 433 g/mol. The quantitative estimate of drug-likeness (QED) is 0.379. The number of methoxy groups -OCH3 is 1. The Morgan fingerprint density at radius 1 is 1.19 bits per heavy atom. The summed E-state index contributed by atoms with van der Waals surface area (Å²) in [6.07, 6.45) is 7.10. The summed E-state index contributed by atoms with van der Waals surface area (Å²) in [4.78, 5) is 17.7. The van der Waals surface area contributed by atoms with E-state index in [2.05, 4.69) is 28.9 Å². The number of aromatic nitrogens is 1. The number of piperidine rings is 1. The van der Waals surface area contributed by atoms with Crippen molar-refractivity contribution in [1.29, 1.82) is 0 Å². The smallest absolute Gasteiger partial charge is 0.274 e. The number of fused-ring (bicyclic) bond motifs is 1. The van der Waals surface area contributed by atoms with Gasteiger partial charge in [0.25, 0.3) is 5.91 Å². The average molecular weight is 434 g/mol. The Balaban J connectivity index is 1.48. The van der Waals surface area contributed by atoms with Crippen LogP contribution in [0, 0.1) is 18.8 Å².